The number of hydrogen-bond acceptors (Lipinski definition) is 2. The van der Waals surface area contributed by atoms with Gasteiger partial charge in [0.05, 0.1) is 4.90 Å². The molecule has 0 radical (unpaired) electrons. The second-order valence-corrected chi connectivity index (χ2v) is 9.06. The van der Waals surface area contributed by atoms with E-state index >= 15 is 0 Å². The van der Waals surface area contributed by atoms with Crippen molar-refractivity contribution in [2.75, 3.05) is 13.1 Å². The fourth-order valence-electron chi connectivity index (χ4n) is 4.09. The second-order valence-electron chi connectivity index (χ2n) is 7.16. The Balaban J connectivity index is 1.57. The first kappa shape index (κ1) is 17.3. The Kier molecular flexibility index (Phi) is 4.37. The minimum Gasteiger partial charge on any atom is -0.350 e. The Labute approximate surface area is 155 Å². The predicted molar refractivity (Wildman–Crippen MR) is 105 cm³/mol. The number of nitrogens with zero attached hydrogens (tertiary/aromatic N) is 2. The van der Waals surface area contributed by atoms with Crippen LogP contribution in [0.2, 0.25) is 0 Å². The van der Waals surface area contributed by atoms with Gasteiger partial charge < -0.3 is 4.57 Å². The van der Waals surface area contributed by atoms with E-state index in [9.17, 15) is 8.42 Å². The van der Waals surface area contributed by atoms with Gasteiger partial charge >= 0.3 is 0 Å². The van der Waals surface area contributed by atoms with E-state index < -0.39 is 10.0 Å². The topological polar surface area (TPSA) is 42.3 Å². The molecular weight excluding hydrogens is 344 g/mol. The molecule has 4 rings (SSSR count). The summed E-state index contributed by atoms with van der Waals surface area (Å²) in [6.07, 6.45) is 3.93. The summed E-state index contributed by atoms with van der Waals surface area (Å²) < 4.78 is 29.8. The van der Waals surface area contributed by atoms with Crippen LogP contribution in [0.15, 0.2) is 59.6 Å². The lowest BCUT2D eigenvalue weighted by Crippen LogP contribution is -2.38. The molecule has 26 heavy (non-hydrogen) atoms. The molecule has 0 spiro atoms. The van der Waals surface area contributed by atoms with E-state index in [4.69, 9.17) is 0 Å². The predicted octanol–water partition coefficient (Wildman–Crippen LogP) is 4.06. The molecule has 1 aromatic heterocycles. The number of sulfonamides is 1. The fourth-order valence-corrected chi connectivity index (χ4v) is 5.79. The van der Waals surface area contributed by atoms with Crippen LogP contribution in [0.25, 0.3) is 10.9 Å². The summed E-state index contributed by atoms with van der Waals surface area (Å²) in [7, 11) is -1.33. The van der Waals surface area contributed by atoms with Gasteiger partial charge in [-0.1, -0.05) is 36.4 Å². The molecule has 3 aromatic rings. The zero-order valence-corrected chi connectivity index (χ0v) is 16.0. The minimum absolute atomic E-state index is 0.407. The van der Waals surface area contributed by atoms with E-state index in [1.165, 1.54) is 16.5 Å². The van der Waals surface area contributed by atoms with Crippen molar-refractivity contribution in [3.05, 3.63) is 65.9 Å². The van der Waals surface area contributed by atoms with Gasteiger partial charge in [-0.25, -0.2) is 8.42 Å². The van der Waals surface area contributed by atoms with Gasteiger partial charge in [0.2, 0.25) is 10.0 Å². The Morgan fingerprint density at radius 3 is 2.35 bits per heavy atom. The maximum absolute atomic E-state index is 13.0. The molecule has 1 fully saturated rings. The monoisotopic (exact) mass is 368 g/mol. The van der Waals surface area contributed by atoms with Crippen LogP contribution in [-0.2, 0) is 17.1 Å². The average molecular weight is 369 g/mol. The van der Waals surface area contributed by atoms with Crippen molar-refractivity contribution in [2.45, 2.75) is 30.6 Å². The zero-order valence-electron chi connectivity index (χ0n) is 15.2. The molecule has 4 nitrogen and oxygen atoms in total. The molecule has 0 aliphatic carbocycles. The second kappa shape index (κ2) is 6.56. The van der Waals surface area contributed by atoms with Crippen molar-refractivity contribution in [1.29, 1.82) is 0 Å². The fraction of sp³-hybridized carbons (Fsp3) is 0.333. The number of aromatic nitrogens is 1. The number of rotatable bonds is 3. The Morgan fingerprint density at radius 2 is 1.62 bits per heavy atom. The summed E-state index contributed by atoms with van der Waals surface area (Å²) in [6, 6.07) is 15.7. The van der Waals surface area contributed by atoms with E-state index in [1.54, 1.807) is 16.4 Å². The molecule has 0 N–H and O–H groups in total. The molecule has 1 saturated heterocycles. The maximum atomic E-state index is 13.0. The van der Waals surface area contributed by atoms with E-state index in [0.717, 1.165) is 18.4 Å². The summed E-state index contributed by atoms with van der Waals surface area (Å²) >= 11 is 0. The van der Waals surface area contributed by atoms with Gasteiger partial charge in [-0.2, -0.15) is 4.31 Å². The quantitative estimate of drug-likeness (QED) is 0.700. The van der Waals surface area contributed by atoms with E-state index in [2.05, 4.69) is 42.1 Å². The summed E-state index contributed by atoms with van der Waals surface area (Å²) in [5, 5.41) is 1.29. The van der Waals surface area contributed by atoms with Gasteiger partial charge in [0.25, 0.3) is 0 Å². The summed E-state index contributed by atoms with van der Waals surface area (Å²) in [6.45, 7) is 3.00. The van der Waals surface area contributed by atoms with Crippen molar-refractivity contribution in [3.63, 3.8) is 0 Å². The lowest BCUT2D eigenvalue weighted by atomic mass is 9.90. The molecule has 0 atom stereocenters. The van der Waals surface area contributed by atoms with Crippen LogP contribution in [0.5, 0.6) is 0 Å². The first-order chi connectivity index (χ1) is 12.5. The molecular formula is C21H24N2O2S. The number of fused-ring (bicyclic) bond motifs is 1. The van der Waals surface area contributed by atoms with Crippen LogP contribution < -0.4 is 0 Å². The van der Waals surface area contributed by atoms with Gasteiger partial charge in [0, 0.05) is 37.2 Å². The first-order valence-electron chi connectivity index (χ1n) is 9.08. The van der Waals surface area contributed by atoms with Gasteiger partial charge in [0.15, 0.2) is 0 Å². The highest BCUT2D eigenvalue weighted by Crippen LogP contribution is 2.35. The van der Waals surface area contributed by atoms with Gasteiger partial charge in [0.1, 0.15) is 0 Å². The molecule has 2 heterocycles. The molecule has 1 aliphatic heterocycles. The number of hydrogen-bond donors (Lipinski definition) is 0. The molecule has 1 aliphatic rings. The molecule has 0 unspecified atom stereocenters. The average Bonchev–Trinajstić information content (AvgIpc) is 2.99. The third-order valence-corrected chi connectivity index (χ3v) is 7.59. The van der Waals surface area contributed by atoms with Crippen LogP contribution in [0.1, 0.15) is 29.9 Å². The van der Waals surface area contributed by atoms with Gasteiger partial charge in [-0.05, 0) is 48.9 Å². The van der Waals surface area contributed by atoms with Crippen molar-refractivity contribution >= 4 is 20.9 Å². The van der Waals surface area contributed by atoms with Crippen LogP contribution in [0.4, 0.5) is 0 Å². The Hall–Kier alpha value is -2.11. The van der Waals surface area contributed by atoms with Crippen molar-refractivity contribution in [3.8, 4) is 0 Å². The first-order valence-corrected chi connectivity index (χ1v) is 10.5. The van der Waals surface area contributed by atoms with Gasteiger partial charge in [-0.3, -0.25) is 0 Å². The maximum Gasteiger partial charge on any atom is 0.243 e. The number of benzene rings is 2. The molecule has 0 saturated carbocycles. The van der Waals surface area contributed by atoms with Crippen LogP contribution >= 0.6 is 0 Å². The van der Waals surface area contributed by atoms with E-state index in [-0.39, 0.29) is 0 Å². The minimum atomic E-state index is -3.41. The SMILES string of the molecule is Cc1ccccc1S(=O)(=O)N1CCC(c2cn(C)c3ccccc23)CC1. The zero-order chi connectivity index (χ0) is 18.3. The number of para-hydroxylation sites is 1. The van der Waals surface area contributed by atoms with Crippen LogP contribution in [0.3, 0.4) is 0 Å². The van der Waals surface area contributed by atoms with Crippen molar-refractivity contribution in [2.24, 2.45) is 7.05 Å². The number of aryl methyl sites for hydroxylation is 2. The highest BCUT2D eigenvalue weighted by molar-refractivity contribution is 7.89. The Morgan fingerprint density at radius 1 is 0.962 bits per heavy atom. The molecule has 136 valence electrons. The third kappa shape index (κ3) is 2.85. The lowest BCUT2D eigenvalue weighted by molar-refractivity contribution is 0.320. The van der Waals surface area contributed by atoms with E-state index in [0.29, 0.717) is 23.9 Å². The molecule has 5 heteroatoms. The van der Waals surface area contributed by atoms with Crippen LogP contribution in [-0.4, -0.2) is 30.4 Å². The Bertz CT molecular complexity index is 1040. The molecule has 2 aromatic carbocycles. The summed E-state index contributed by atoms with van der Waals surface area (Å²) in [5.74, 6) is 0.407. The number of piperidine rings is 1. The van der Waals surface area contributed by atoms with E-state index in [1.807, 2.05) is 19.1 Å². The normalized spacial score (nSPS) is 17.0. The smallest absolute Gasteiger partial charge is 0.243 e. The summed E-state index contributed by atoms with van der Waals surface area (Å²) in [5.41, 5.74) is 3.39. The van der Waals surface area contributed by atoms with Crippen molar-refractivity contribution < 1.29 is 8.42 Å². The van der Waals surface area contributed by atoms with Crippen LogP contribution in [0, 0.1) is 6.92 Å². The van der Waals surface area contributed by atoms with Gasteiger partial charge in [-0.15, -0.1) is 0 Å². The third-order valence-electron chi connectivity index (χ3n) is 5.53. The molecule has 0 amide bonds. The summed E-state index contributed by atoms with van der Waals surface area (Å²) in [4.78, 5) is 0.434. The molecule has 0 bridgehead atoms. The largest absolute Gasteiger partial charge is 0.350 e. The lowest BCUT2D eigenvalue weighted by Gasteiger charge is -2.31. The highest BCUT2D eigenvalue weighted by atomic mass is 32.2. The standard InChI is InChI=1S/C21H24N2O2S/c1-16-7-3-6-10-21(16)26(24,25)23-13-11-17(12-14-23)19-15-22(2)20-9-5-4-8-18(19)20/h3-10,15,17H,11-14H2,1-2H3. The van der Waals surface area contributed by atoms with Crippen molar-refractivity contribution in [1.82, 2.24) is 8.87 Å². The highest BCUT2D eigenvalue weighted by Gasteiger charge is 2.31.